The van der Waals surface area contributed by atoms with Crippen molar-refractivity contribution >= 4 is 33.2 Å². The Balaban J connectivity index is 2.49. The minimum atomic E-state index is -4.01. The molecule has 2 rings (SSSR count). The number of hydrogen-bond acceptors (Lipinski definition) is 5. The number of benzene rings is 1. The fraction of sp³-hybridized carbons (Fsp3) is 0. The number of hydrogen-bond donors (Lipinski definition) is 3. The van der Waals surface area contributed by atoms with Gasteiger partial charge in [-0.3, -0.25) is 4.79 Å². The number of carboxylic acids is 1. The lowest BCUT2D eigenvalue weighted by molar-refractivity contribution is -0.135. The minimum Gasteiger partial charge on any atom is -0.502 e. The third kappa shape index (κ3) is 3.43. The molecule has 0 amide bonds. The van der Waals surface area contributed by atoms with Crippen molar-refractivity contribution in [1.29, 1.82) is 0 Å². The maximum absolute atomic E-state index is 12.5. The van der Waals surface area contributed by atoms with E-state index in [9.17, 15) is 18.0 Å². The van der Waals surface area contributed by atoms with Crippen molar-refractivity contribution in [3.05, 3.63) is 59.1 Å². The molecule has 0 saturated heterocycles. The molecule has 23 heavy (non-hydrogen) atoms. The summed E-state index contributed by atoms with van der Waals surface area (Å²) in [7, 11) is -4.01. The van der Waals surface area contributed by atoms with Crippen molar-refractivity contribution in [3.8, 4) is 0 Å². The second-order valence-electron chi connectivity index (χ2n) is 4.39. The van der Waals surface area contributed by atoms with Gasteiger partial charge in [-0.05, 0) is 24.3 Å². The van der Waals surface area contributed by atoms with Crippen LogP contribution in [0.3, 0.4) is 0 Å². The van der Waals surface area contributed by atoms with Gasteiger partial charge in [0.15, 0.2) is 5.78 Å². The zero-order chi connectivity index (χ0) is 17.2. The molecule has 1 aromatic carbocycles. The van der Waals surface area contributed by atoms with Crippen LogP contribution in [-0.2, 0) is 14.6 Å². The summed E-state index contributed by atoms with van der Waals surface area (Å²) in [5.41, 5.74) is -0.284. The van der Waals surface area contributed by atoms with E-state index in [4.69, 9.17) is 21.8 Å². The highest BCUT2D eigenvalue weighted by Gasteiger charge is 2.25. The van der Waals surface area contributed by atoms with E-state index in [1.54, 1.807) is 0 Å². The van der Waals surface area contributed by atoms with Crippen LogP contribution in [0.25, 0.3) is 0 Å². The van der Waals surface area contributed by atoms with E-state index in [-0.39, 0.29) is 15.4 Å². The van der Waals surface area contributed by atoms with Crippen molar-refractivity contribution < 1.29 is 28.2 Å². The predicted molar refractivity (Wildman–Crippen MR) is 80.4 cm³/mol. The first-order valence-electron chi connectivity index (χ1n) is 6.09. The molecule has 0 aliphatic carbocycles. The summed E-state index contributed by atoms with van der Waals surface area (Å²) in [6, 6.07) is 5.34. The molecule has 120 valence electrons. The number of carbonyl (C=O) groups is 2. The van der Waals surface area contributed by atoms with Crippen LogP contribution >= 0.6 is 11.6 Å². The molecule has 2 aromatic rings. The van der Waals surface area contributed by atoms with Gasteiger partial charge in [-0.1, -0.05) is 11.6 Å². The Morgan fingerprint density at radius 3 is 2.26 bits per heavy atom. The quantitative estimate of drug-likeness (QED) is 0.429. The van der Waals surface area contributed by atoms with Gasteiger partial charge in [0.2, 0.25) is 15.6 Å². The second kappa shape index (κ2) is 6.27. The molecule has 0 atom stereocenters. The fourth-order valence-electron chi connectivity index (χ4n) is 1.77. The second-order valence-corrected chi connectivity index (χ2v) is 6.74. The number of aromatic nitrogens is 1. The first-order valence-corrected chi connectivity index (χ1v) is 7.95. The first-order chi connectivity index (χ1) is 10.7. The fourth-order valence-corrected chi connectivity index (χ4v) is 3.32. The van der Waals surface area contributed by atoms with Crippen molar-refractivity contribution in [2.24, 2.45) is 0 Å². The first kappa shape index (κ1) is 16.8. The van der Waals surface area contributed by atoms with Gasteiger partial charge in [0.25, 0.3) is 0 Å². The predicted octanol–water partition coefficient (Wildman–Crippen LogP) is 2.21. The van der Waals surface area contributed by atoms with Gasteiger partial charge in [0, 0.05) is 23.5 Å². The number of H-pyrrole nitrogens is 1. The average molecular weight is 356 g/mol. The van der Waals surface area contributed by atoms with Gasteiger partial charge < -0.3 is 15.2 Å². The molecule has 0 radical (unpaired) electrons. The van der Waals surface area contributed by atoms with Gasteiger partial charge in [-0.2, -0.15) is 0 Å². The molecule has 1 aromatic heterocycles. The summed E-state index contributed by atoms with van der Waals surface area (Å²) in [5.74, 6) is -3.85. The van der Waals surface area contributed by atoms with Gasteiger partial charge in [-0.15, -0.1) is 0 Å². The average Bonchev–Trinajstić information content (AvgIpc) is 2.97. The third-order valence-electron chi connectivity index (χ3n) is 2.87. The maximum Gasteiger partial charge on any atom is 0.371 e. The highest BCUT2D eigenvalue weighted by molar-refractivity contribution is 7.91. The summed E-state index contributed by atoms with van der Waals surface area (Å²) in [6.07, 6.45) is 2.64. The molecule has 0 bridgehead atoms. The number of aliphatic hydroxyl groups is 1. The number of carboxylic acid groups (broad SMARTS) is 1. The van der Waals surface area contributed by atoms with E-state index in [0.717, 1.165) is 12.4 Å². The normalized spacial score (nSPS) is 12.1. The van der Waals surface area contributed by atoms with Crippen molar-refractivity contribution in [3.63, 3.8) is 0 Å². The Morgan fingerprint density at radius 1 is 1.09 bits per heavy atom. The van der Waals surface area contributed by atoms with Crippen LogP contribution in [0.4, 0.5) is 0 Å². The van der Waals surface area contributed by atoms with E-state index in [1.807, 2.05) is 0 Å². The molecule has 0 fully saturated rings. The number of ketones is 1. The number of nitrogens with one attached hydrogen (secondary N) is 1. The summed E-state index contributed by atoms with van der Waals surface area (Å²) in [5, 5.41) is 18.0. The molecule has 9 heteroatoms. The molecular formula is C14H10ClNO6S. The zero-order valence-corrected chi connectivity index (χ0v) is 12.9. The lowest BCUT2D eigenvalue weighted by Gasteiger charge is -2.04. The molecule has 0 aliphatic heterocycles. The summed E-state index contributed by atoms with van der Waals surface area (Å²) in [6.45, 7) is 0. The van der Waals surface area contributed by atoms with Crippen molar-refractivity contribution in [2.45, 2.75) is 9.79 Å². The number of sulfone groups is 1. The Bertz CT molecular complexity index is 896. The Morgan fingerprint density at radius 2 is 1.70 bits per heavy atom. The molecule has 3 N–H and O–H groups in total. The summed E-state index contributed by atoms with van der Waals surface area (Å²) in [4.78, 5) is 24.6. The molecule has 0 saturated carbocycles. The monoisotopic (exact) mass is 355 g/mol. The Hall–Kier alpha value is -2.58. The van der Waals surface area contributed by atoms with Gasteiger partial charge in [0.05, 0.1) is 10.5 Å². The third-order valence-corrected chi connectivity index (χ3v) is 4.93. The van der Waals surface area contributed by atoms with E-state index < -0.39 is 27.3 Å². The van der Waals surface area contributed by atoms with E-state index in [2.05, 4.69) is 4.98 Å². The van der Waals surface area contributed by atoms with Crippen molar-refractivity contribution in [1.82, 2.24) is 4.98 Å². The molecule has 0 unspecified atom stereocenters. The molecule has 1 heterocycles. The summed E-state index contributed by atoms with van der Waals surface area (Å²) < 4.78 is 25.1. The number of aromatic amines is 1. The number of carbonyl (C=O) groups excluding carboxylic acids is 1. The Kier molecular flexibility index (Phi) is 4.57. The number of rotatable bonds is 5. The lowest BCUT2D eigenvalue weighted by atomic mass is 10.2. The minimum absolute atomic E-state index is 0.0815. The zero-order valence-electron chi connectivity index (χ0n) is 11.4. The highest BCUT2D eigenvalue weighted by atomic mass is 35.5. The molecule has 7 nitrogen and oxygen atoms in total. The number of aliphatic carboxylic acids is 1. The molecule has 0 spiro atoms. The molecule has 0 aliphatic rings. The van der Waals surface area contributed by atoms with Crippen LogP contribution in [0.2, 0.25) is 5.02 Å². The van der Waals surface area contributed by atoms with Crippen molar-refractivity contribution in [2.75, 3.05) is 0 Å². The van der Waals surface area contributed by atoms with E-state index in [0.29, 0.717) is 11.1 Å². The van der Waals surface area contributed by atoms with Crippen LogP contribution in [0.15, 0.2) is 58.3 Å². The van der Waals surface area contributed by atoms with Gasteiger partial charge in [-0.25, -0.2) is 13.2 Å². The van der Waals surface area contributed by atoms with Gasteiger partial charge in [0.1, 0.15) is 4.90 Å². The number of allylic oxidation sites excluding steroid dienone is 1. The number of halogens is 1. The van der Waals surface area contributed by atoms with Crippen LogP contribution in [0.5, 0.6) is 0 Å². The Labute approximate surface area is 135 Å². The van der Waals surface area contributed by atoms with E-state index >= 15 is 0 Å². The van der Waals surface area contributed by atoms with E-state index in [1.165, 1.54) is 24.3 Å². The van der Waals surface area contributed by atoms with Crippen LogP contribution in [0, 0.1) is 0 Å². The topological polar surface area (TPSA) is 125 Å². The maximum atomic E-state index is 12.5. The molecular weight excluding hydrogens is 346 g/mol. The lowest BCUT2D eigenvalue weighted by Crippen LogP contribution is -2.08. The van der Waals surface area contributed by atoms with Crippen LogP contribution in [0.1, 0.15) is 10.4 Å². The van der Waals surface area contributed by atoms with Gasteiger partial charge >= 0.3 is 5.97 Å². The smallest absolute Gasteiger partial charge is 0.371 e. The summed E-state index contributed by atoms with van der Waals surface area (Å²) >= 11 is 5.71. The SMILES string of the molecule is O=C(O)C(O)=CC(=O)c1c[nH]cc1S(=O)(=O)c1ccc(Cl)cc1. The van der Waals surface area contributed by atoms with Crippen LogP contribution in [-0.4, -0.2) is 35.4 Å². The van der Waals surface area contributed by atoms with Crippen LogP contribution < -0.4 is 0 Å². The standard InChI is InChI=1S/C14H10ClNO6S/c15-8-1-3-9(4-2-8)23(21,22)13-7-16-6-10(13)11(17)5-12(18)14(19)20/h1-7,16,18H,(H,19,20). The number of aliphatic hydroxyl groups excluding tert-OH is 1. The highest BCUT2D eigenvalue weighted by Crippen LogP contribution is 2.25. The largest absolute Gasteiger partial charge is 0.502 e.